The molecule has 0 aliphatic heterocycles. The van der Waals surface area contributed by atoms with Crippen LogP contribution in [-0.4, -0.2) is 29.9 Å². The number of aromatic nitrogens is 2. The maximum absolute atomic E-state index is 11.4. The summed E-state index contributed by atoms with van der Waals surface area (Å²) < 4.78 is 27.6. The van der Waals surface area contributed by atoms with Gasteiger partial charge in [-0.05, 0) is 20.8 Å². The van der Waals surface area contributed by atoms with Crippen LogP contribution in [0.2, 0.25) is 0 Å². The van der Waals surface area contributed by atoms with E-state index in [1.165, 1.54) is 0 Å². The van der Waals surface area contributed by atoms with Crippen LogP contribution >= 0.6 is 0 Å². The summed E-state index contributed by atoms with van der Waals surface area (Å²) in [7, 11) is -3.85. The zero-order chi connectivity index (χ0) is 12.6. The van der Waals surface area contributed by atoms with Crippen molar-refractivity contribution in [3.05, 3.63) is 12.4 Å². The highest BCUT2D eigenvalue weighted by molar-refractivity contribution is 7.89. The van der Waals surface area contributed by atoms with Gasteiger partial charge in [0, 0.05) is 0 Å². The van der Waals surface area contributed by atoms with Crippen LogP contribution in [0.3, 0.4) is 0 Å². The number of nitrogens with zero attached hydrogens (tertiary/aromatic N) is 2. The Bertz CT molecular complexity index is 498. The zero-order valence-electron chi connectivity index (χ0n) is 9.17. The van der Waals surface area contributed by atoms with E-state index in [1.807, 2.05) is 0 Å². The molecule has 0 radical (unpaired) electrons. The number of sulfonamides is 1. The van der Waals surface area contributed by atoms with Gasteiger partial charge in [0.05, 0.1) is 12.4 Å². The lowest BCUT2D eigenvalue weighted by Crippen LogP contribution is -2.27. The summed E-state index contributed by atoms with van der Waals surface area (Å²) in [6.07, 6.45) is 1.23. The molecule has 90 valence electrons. The van der Waals surface area contributed by atoms with Gasteiger partial charge in [0.25, 0.3) is 0 Å². The van der Waals surface area contributed by atoms with Gasteiger partial charge in [-0.15, -0.1) is 0 Å². The minimum atomic E-state index is -3.85. The van der Waals surface area contributed by atoms with Gasteiger partial charge >= 0.3 is 6.09 Å². The normalized spacial score (nSPS) is 12.5. The molecule has 1 aromatic heterocycles. The third-order valence-corrected chi connectivity index (χ3v) is 2.34. The van der Waals surface area contributed by atoms with E-state index in [-0.39, 0.29) is 4.90 Å². The predicted octanol–water partition coefficient (Wildman–Crippen LogP) is 0.314. The Labute approximate surface area is 93.2 Å². The molecule has 0 aromatic carbocycles. The molecule has 0 fully saturated rings. The molecule has 7 nitrogen and oxygen atoms in total. The molecule has 8 heteroatoms. The van der Waals surface area contributed by atoms with Crippen LogP contribution in [0.1, 0.15) is 20.8 Å². The highest BCUT2D eigenvalue weighted by Crippen LogP contribution is 2.10. The molecule has 0 saturated carbocycles. The third-order valence-electron chi connectivity index (χ3n) is 1.47. The highest BCUT2D eigenvalue weighted by atomic mass is 32.2. The van der Waals surface area contributed by atoms with Crippen molar-refractivity contribution in [2.45, 2.75) is 31.3 Å². The molecular weight excluding hydrogens is 234 g/mol. The minimum absolute atomic E-state index is 0.238. The molecule has 1 aromatic rings. The Hall–Kier alpha value is -1.41. The Morgan fingerprint density at radius 3 is 2.44 bits per heavy atom. The van der Waals surface area contributed by atoms with Crippen LogP contribution in [0.4, 0.5) is 4.79 Å². The van der Waals surface area contributed by atoms with Gasteiger partial charge in [0.1, 0.15) is 10.5 Å². The first-order chi connectivity index (χ1) is 7.09. The number of hydrogen-bond acceptors (Lipinski definition) is 5. The second-order valence-electron chi connectivity index (χ2n) is 4.15. The molecule has 0 atom stereocenters. The number of ether oxygens (including phenoxy) is 1. The molecule has 2 N–H and O–H groups in total. The maximum Gasteiger partial charge on any atom is 0.435 e. The van der Waals surface area contributed by atoms with Crippen LogP contribution in [-0.2, 0) is 14.8 Å². The second kappa shape index (κ2) is 3.87. The number of primary sulfonamides is 1. The summed E-state index contributed by atoms with van der Waals surface area (Å²) in [5.41, 5.74) is -0.676. The van der Waals surface area contributed by atoms with Crippen molar-refractivity contribution >= 4 is 16.1 Å². The standard InChI is InChI=1S/C8H13N3O4S/c1-8(2,3)15-7(12)11-5-6(4-10-11)16(9,13)14/h4-5H,1-3H3,(H2,9,13,14). The van der Waals surface area contributed by atoms with Gasteiger partial charge in [0.2, 0.25) is 10.0 Å². The quantitative estimate of drug-likeness (QED) is 0.769. The van der Waals surface area contributed by atoms with Gasteiger partial charge in [-0.3, -0.25) is 0 Å². The summed E-state index contributed by atoms with van der Waals surface area (Å²) in [6.45, 7) is 5.07. The van der Waals surface area contributed by atoms with Crippen molar-refractivity contribution < 1.29 is 17.9 Å². The molecule has 0 aliphatic rings. The van der Waals surface area contributed by atoms with Crippen LogP contribution in [0.25, 0.3) is 0 Å². The van der Waals surface area contributed by atoms with Crippen molar-refractivity contribution in [3.63, 3.8) is 0 Å². The fourth-order valence-corrected chi connectivity index (χ4v) is 1.30. The molecule has 16 heavy (non-hydrogen) atoms. The van der Waals surface area contributed by atoms with Crippen molar-refractivity contribution in [2.24, 2.45) is 5.14 Å². The lowest BCUT2D eigenvalue weighted by molar-refractivity contribution is 0.0514. The van der Waals surface area contributed by atoms with E-state index in [0.29, 0.717) is 0 Å². The van der Waals surface area contributed by atoms with Crippen LogP contribution in [0.5, 0.6) is 0 Å². The van der Waals surface area contributed by atoms with Crippen LogP contribution < -0.4 is 5.14 Å². The Kier molecular flexibility index (Phi) is 3.06. The maximum atomic E-state index is 11.4. The molecule has 0 amide bonds. The van der Waals surface area contributed by atoms with E-state index in [1.54, 1.807) is 20.8 Å². The molecule has 1 rings (SSSR count). The van der Waals surface area contributed by atoms with Gasteiger partial charge in [-0.25, -0.2) is 18.4 Å². The molecule has 0 unspecified atom stereocenters. The van der Waals surface area contributed by atoms with E-state index in [4.69, 9.17) is 9.88 Å². The van der Waals surface area contributed by atoms with Gasteiger partial charge in [-0.2, -0.15) is 9.78 Å². The molecular formula is C8H13N3O4S. The van der Waals surface area contributed by atoms with E-state index in [2.05, 4.69) is 5.10 Å². The first-order valence-electron chi connectivity index (χ1n) is 4.40. The number of nitrogens with two attached hydrogens (primary N) is 1. The van der Waals surface area contributed by atoms with Crippen molar-refractivity contribution in [2.75, 3.05) is 0 Å². The lowest BCUT2D eigenvalue weighted by atomic mass is 10.2. The molecule has 1 heterocycles. The first-order valence-corrected chi connectivity index (χ1v) is 5.95. The smallest absolute Gasteiger partial charge is 0.435 e. The molecule has 0 saturated heterocycles. The lowest BCUT2D eigenvalue weighted by Gasteiger charge is -2.18. The fraction of sp³-hybridized carbons (Fsp3) is 0.500. The number of rotatable bonds is 1. The monoisotopic (exact) mass is 247 g/mol. The Morgan fingerprint density at radius 1 is 1.50 bits per heavy atom. The first kappa shape index (κ1) is 12.7. The average Bonchev–Trinajstić information content (AvgIpc) is 2.46. The van der Waals surface area contributed by atoms with Gasteiger partial charge in [-0.1, -0.05) is 0 Å². The fourth-order valence-electron chi connectivity index (χ4n) is 0.862. The summed E-state index contributed by atoms with van der Waals surface area (Å²) in [4.78, 5) is 11.2. The average molecular weight is 247 g/mol. The van der Waals surface area contributed by atoms with Crippen LogP contribution in [0.15, 0.2) is 17.3 Å². The largest absolute Gasteiger partial charge is 0.442 e. The second-order valence-corrected chi connectivity index (χ2v) is 5.71. The van der Waals surface area contributed by atoms with Crippen molar-refractivity contribution in [1.82, 2.24) is 9.78 Å². The van der Waals surface area contributed by atoms with Crippen LogP contribution in [0, 0.1) is 0 Å². The van der Waals surface area contributed by atoms with E-state index in [9.17, 15) is 13.2 Å². The Morgan fingerprint density at radius 2 is 2.06 bits per heavy atom. The summed E-state index contributed by atoms with van der Waals surface area (Å²) in [6, 6.07) is 0. The minimum Gasteiger partial charge on any atom is -0.442 e. The van der Waals surface area contributed by atoms with Gasteiger partial charge < -0.3 is 4.74 Å². The topological polar surface area (TPSA) is 104 Å². The number of carbonyl (C=O) groups excluding carboxylic acids is 1. The Balaban J connectivity index is 2.92. The third kappa shape index (κ3) is 3.31. The molecule has 0 spiro atoms. The van der Waals surface area contributed by atoms with Crippen molar-refractivity contribution in [1.29, 1.82) is 0 Å². The molecule has 0 aliphatic carbocycles. The predicted molar refractivity (Wildman–Crippen MR) is 55.2 cm³/mol. The van der Waals surface area contributed by atoms with Crippen molar-refractivity contribution in [3.8, 4) is 0 Å². The zero-order valence-corrected chi connectivity index (χ0v) is 9.98. The highest BCUT2D eigenvalue weighted by Gasteiger charge is 2.20. The summed E-state index contributed by atoms with van der Waals surface area (Å²) in [5, 5.41) is 8.41. The molecule has 0 bridgehead atoms. The van der Waals surface area contributed by atoms with E-state index < -0.39 is 21.7 Å². The van der Waals surface area contributed by atoms with E-state index >= 15 is 0 Å². The number of carbonyl (C=O) groups is 1. The SMILES string of the molecule is CC(C)(C)OC(=O)n1cc(S(N)(=O)=O)cn1. The van der Waals surface area contributed by atoms with E-state index in [0.717, 1.165) is 17.1 Å². The summed E-state index contributed by atoms with van der Waals surface area (Å²) in [5.74, 6) is 0. The van der Waals surface area contributed by atoms with Gasteiger partial charge in [0.15, 0.2) is 0 Å². The number of hydrogen-bond donors (Lipinski definition) is 1. The summed E-state index contributed by atoms with van der Waals surface area (Å²) >= 11 is 0.